The Balaban J connectivity index is 1.99. The van der Waals surface area contributed by atoms with Crippen LogP contribution < -0.4 is 0 Å². The molecule has 1 aromatic rings. The maximum absolute atomic E-state index is 12.4. The molecule has 6 heteroatoms. The highest BCUT2D eigenvalue weighted by molar-refractivity contribution is 5.93. The van der Waals surface area contributed by atoms with Crippen LogP contribution in [-0.2, 0) is 16.1 Å². The summed E-state index contributed by atoms with van der Waals surface area (Å²) >= 11 is 0. The molecule has 0 bridgehead atoms. The topological polar surface area (TPSA) is 71.8 Å². The molecule has 110 valence electrons. The molecule has 1 amide bonds. The number of nitrogens with zero attached hydrogens (tertiary/aromatic N) is 2. The fourth-order valence-electron chi connectivity index (χ4n) is 2.49. The predicted molar refractivity (Wildman–Crippen MR) is 72.6 cm³/mol. The summed E-state index contributed by atoms with van der Waals surface area (Å²) in [5, 5.41) is 8.83. The zero-order valence-electron chi connectivity index (χ0n) is 11.6. The van der Waals surface area contributed by atoms with Gasteiger partial charge in [-0.15, -0.1) is 0 Å². The second-order valence-electron chi connectivity index (χ2n) is 5.16. The Morgan fingerprint density at radius 1 is 1.45 bits per heavy atom. The van der Waals surface area contributed by atoms with E-state index in [1.807, 2.05) is 0 Å². The van der Waals surface area contributed by atoms with Crippen LogP contribution in [0.5, 0.6) is 0 Å². The molecule has 0 spiro atoms. The fourth-order valence-corrected chi connectivity index (χ4v) is 2.49. The van der Waals surface area contributed by atoms with Gasteiger partial charge in [-0.1, -0.05) is 0 Å². The third-order valence-corrected chi connectivity index (χ3v) is 3.57. The number of carbonyl (C=O) groups is 2. The second kappa shape index (κ2) is 6.56. The van der Waals surface area contributed by atoms with Gasteiger partial charge in [-0.05, 0) is 30.9 Å². The van der Waals surface area contributed by atoms with Crippen molar-refractivity contribution in [3.8, 4) is 0 Å². The fraction of sp³-hybridized carbons (Fsp3) is 0.571. The Morgan fingerprint density at radius 2 is 2.15 bits per heavy atom. The van der Waals surface area contributed by atoms with Crippen LogP contribution in [-0.4, -0.2) is 53.3 Å². The molecule has 1 aliphatic heterocycles. The van der Waals surface area contributed by atoms with Gasteiger partial charge in [-0.2, -0.15) is 0 Å². The molecule has 1 aromatic heterocycles. The van der Waals surface area contributed by atoms with Crippen molar-refractivity contribution in [1.29, 1.82) is 0 Å². The molecule has 1 aliphatic rings. The molecule has 1 saturated heterocycles. The highest BCUT2D eigenvalue weighted by atomic mass is 16.5. The van der Waals surface area contributed by atoms with Crippen molar-refractivity contribution in [1.82, 2.24) is 9.47 Å². The first-order valence-electron chi connectivity index (χ1n) is 6.78. The van der Waals surface area contributed by atoms with E-state index in [1.165, 1.54) is 4.57 Å². The third-order valence-electron chi connectivity index (χ3n) is 3.57. The van der Waals surface area contributed by atoms with E-state index in [0.29, 0.717) is 18.2 Å². The van der Waals surface area contributed by atoms with Crippen LogP contribution in [0.3, 0.4) is 0 Å². The van der Waals surface area contributed by atoms with Gasteiger partial charge in [0.1, 0.15) is 12.2 Å². The molecule has 2 heterocycles. The molecule has 0 unspecified atom stereocenters. The van der Waals surface area contributed by atoms with Crippen molar-refractivity contribution in [3.63, 3.8) is 0 Å². The minimum absolute atomic E-state index is 0.136. The highest BCUT2D eigenvalue weighted by Crippen LogP contribution is 2.17. The standard InChI is InChI=1S/C14H20N2O4/c1-15(9-11-4-7-20-8-5-11)14(19)12-3-2-6-16(12)10-13(17)18/h2-3,6,11H,4-5,7-10H2,1H3,(H,17,18). The van der Waals surface area contributed by atoms with E-state index in [4.69, 9.17) is 9.84 Å². The summed E-state index contributed by atoms with van der Waals surface area (Å²) in [6.45, 7) is 1.99. The first kappa shape index (κ1) is 14.6. The minimum Gasteiger partial charge on any atom is -0.480 e. The van der Waals surface area contributed by atoms with Gasteiger partial charge in [0.15, 0.2) is 0 Å². The first-order valence-corrected chi connectivity index (χ1v) is 6.78. The monoisotopic (exact) mass is 280 g/mol. The van der Waals surface area contributed by atoms with Gasteiger partial charge >= 0.3 is 5.97 Å². The zero-order valence-corrected chi connectivity index (χ0v) is 11.6. The van der Waals surface area contributed by atoms with Gasteiger partial charge in [0.2, 0.25) is 0 Å². The number of aromatic nitrogens is 1. The number of hydrogen-bond donors (Lipinski definition) is 1. The molecule has 0 aliphatic carbocycles. The van der Waals surface area contributed by atoms with E-state index >= 15 is 0 Å². The summed E-state index contributed by atoms with van der Waals surface area (Å²) in [5.74, 6) is -0.634. The predicted octanol–water partition coefficient (Wildman–Crippen LogP) is 1.07. The number of hydrogen-bond acceptors (Lipinski definition) is 3. The van der Waals surface area contributed by atoms with Crippen LogP contribution in [0.1, 0.15) is 23.3 Å². The van der Waals surface area contributed by atoms with Gasteiger partial charge < -0.3 is 19.3 Å². The minimum atomic E-state index is -0.956. The largest absolute Gasteiger partial charge is 0.480 e. The van der Waals surface area contributed by atoms with E-state index in [9.17, 15) is 9.59 Å². The molecule has 6 nitrogen and oxygen atoms in total. The van der Waals surface area contributed by atoms with Crippen LogP contribution in [0.25, 0.3) is 0 Å². The quantitative estimate of drug-likeness (QED) is 0.875. The zero-order chi connectivity index (χ0) is 14.5. The van der Waals surface area contributed by atoms with Gasteiger partial charge in [-0.3, -0.25) is 9.59 Å². The van der Waals surface area contributed by atoms with E-state index < -0.39 is 5.97 Å². The molecule has 1 fully saturated rings. The average molecular weight is 280 g/mol. The summed E-state index contributed by atoms with van der Waals surface area (Å²) in [7, 11) is 1.76. The Labute approximate surface area is 117 Å². The second-order valence-corrected chi connectivity index (χ2v) is 5.16. The Bertz CT molecular complexity index is 477. The maximum Gasteiger partial charge on any atom is 0.323 e. The molecule has 1 N–H and O–H groups in total. The molecular formula is C14H20N2O4. The molecule has 0 aromatic carbocycles. The molecule has 0 radical (unpaired) electrons. The summed E-state index contributed by atoms with van der Waals surface area (Å²) in [5.41, 5.74) is 0.418. The van der Waals surface area contributed by atoms with Crippen LogP contribution >= 0.6 is 0 Å². The number of rotatable bonds is 5. The Kier molecular flexibility index (Phi) is 4.79. The molecule has 2 rings (SSSR count). The number of aliphatic carboxylic acids is 1. The van der Waals surface area contributed by atoms with E-state index in [2.05, 4.69) is 0 Å². The number of carboxylic acid groups (broad SMARTS) is 1. The normalized spacial score (nSPS) is 16.1. The summed E-state index contributed by atoms with van der Waals surface area (Å²) in [4.78, 5) is 24.8. The number of amides is 1. The molecule has 20 heavy (non-hydrogen) atoms. The van der Waals surface area contributed by atoms with Crippen molar-refractivity contribution in [2.75, 3.05) is 26.8 Å². The van der Waals surface area contributed by atoms with E-state index in [-0.39, 0.29) is 12.5 Å². The average Bonchev–Trinajstić information content (AvgIpc) is 2.86. The lowest BCUT2D eigenvalue weighted by molar-refractivity contribution is -0.137. The van der Waals surface area contributed by atoms with Crippen LogP contribution in [0.4, 0.5) is 0 Å². The van der Waals surface area contributed by atoms with Gasteiger partial charge in [-0.25, -0.2) is 0 Å². The van der Waals surface area contributed by atoms with Crippen molar-refractivity contribution in [3.05, 3.63) is 24.0 Å². The summed E-state index contributed by atoms with van der Waals surface area (Å²) in [6, 6.07) is 3.35. The van der Waals surface area contributed by atoms with Crippen molar-refractivity contribution in [2.24, 2.45) is 5.92 Å². The number of carbonyl (C=O) groups excluding carboxylic acids is 1. The summed E-state index contributed by atoms with van der Waals surface area (Å²) < 4.78 is 6.77. The van der Waals surface area contributed by atoms with Crippen LogP contribution in [0.2, 0.25) is 0 Å². The van der Waals surface area contributed by atoms with Crippen LogP contribution in [0, 0.1) is 5.92 Å². The Morgan fingerprint density at radius 3 is 2.80 bits per heavy atom. The number of carboxylic acids is 1. The first-order chi connectivity index (χ1) is 9.58. The summed E-state index contributed by atoms with van der Waals surface area (Å²) in [6.07, 6.45) is 3.55. The molecule has 0 atom stereocenters. The smallest absolute Gasteiger partial charge is 0.323 e. The van der Waals surface area contributed by atoms with Gasteiger partial charge in [0.05, 0.1) is 0 Å². The highest BCUT2D eigenvalue weighted by Gasteiger charge is 2.21. The van der Waals surface area contributed by atoms with Gasteiger partial charge in [0, 0.05) is 33.0 Å². The van der Waals surface area contributed by atoms with Crippen molar-refractivity contribution < 1.29 is 19.4 Å². The van der Waals surface area contributed by atoms with Crippen molar-refractivity contribution in [2.45, 2.75) is 19.4 Å². The van der Waals surface area contributed by atoms with Gasteiger partial charge in [0.25, 0.3) is 5.91 Å². The van der Waals surface area contributed by atoms with Crippen molar-refractivity contribution >= 4 is 11.9 Å². The maximum atomic E-state index is 12.4. The number of ether oxygens (including phenoxy) is 1. The Hall–Kier alpha value is -1.82. The third kappa shape index (κ3) is 3.60. The molecular weight excluding hydrogens is 260 g/mol. The van der Waals surface area contributed by atoms with E-state index in [0.717, 1.165) is 26.1 Å². The van der Waals surface area contributed by atoms with Crippen LogP contribution in [0.15, 0.2) is 18.3 Å². The van der Waals surface area contributed by atoms with E-state index in [1.54, 1.807) is 30.3 Å². The lowest BCUT2D eigenvalue weighted by Gasteiger charge is -2.27. The molecule has 0 saturated carbocycles. The SMILES string of the molecule is CN(CC1CCOCC1)C(=O)c1cccn1CC(=O)O. The lowest BCUT2D eigenvalue weighted by Crippen LogP contribution is -2.35. The lowest BCUT2D eigenvalue weighted by atomic mass is 10.00.